The molecule has 0 aliphatic carbocycles. The summed E-state index contributed by atoms with van der Waals surface area (Å²) in [6.07, 6.45) is 2.32. The van der Waals surface area contributed by atoms with E-state index < -0.39 is 0 Å². The largest absolute Gasteiger partial charge is 0.462 e. The molecular weight excluding hydrogens is 415 g/mol. The zero-order valence-corrected chi connectivity index (χ0v) is 17.5. The van der Waals surface area contributed by atoms with Gasteiger partial charge < -0.3 is 19.9 Å². The molecule has 7 nitrogen and oxygen atoms in total. The van der Waals surface area contributed by atoms with Gasteiger partial charge in [-0.05, 0) is 43.7 Å². The number of esters is 1. The number of nitrogens with zero attached hydrogens (tertiary/aromatic N) is 3. The van der Waals surface area contributed by atoms with Crippen molar-refractivity contribution in [2.75, 3.05) is 43.0 Å². The molecule has 2 heterocycles. The van der Waals surface area contributed by atoms with E-state index in [1.165, 1.54) is 6.20 Å². The van der Waals surface area contributed by atoms with Crippen LogP contribution >= 0.6 is 23.2 Å². The van der Waals surface area contributed by atoms with Gasteiger partial charge in [-0.15, -0.1) is 0 Å². The maximum Gasteiger partial charge on any atom is 0.339 e. The van der Waals surface area contributed by atoms with Gasteiger partial charge in [-0.2, -0.15) is 0 Å². The number of anilines is 2. The lowest BCUT2D eigenvalue weighted by atomic mass is 10.2. The Bertz CT molecular complexity index is 856. The van der Waals surface area contributed by atoms with E-state index in [9.17, 15) is 9.59 Å². The van der Waals surface area contributed by atoms with Crippen LogP contribution in [0.1, 0.15) is 23.7 Å². The first kappa shape index (κ1) is 21.2. The molecule has 2 amide bonds. The smallest absolute Gasteiger partial charge is 0.339 e. The van der Waals surface area contributed by atoms with Gasteiger partial charge in [-0.25, -0.2) is 14.6 Å². The number of halogens is 2. The third kappa shape index (κ3) is 5.74. The Morgan fingerprint density at radius 2 is 1.86 bits per heavy atom. The number of amides is 2. The number of carbonyl (C=O) groups is 2. The highest BCUT2D eigenvalue weighted by atomic mass is 35.5. The number of pyridine rings is 1. The number of ether oxygens (including phenoxy) is 1. The van der Waals surface area contributed by atoms with Crippen molar-refractivity contribution >= 4 is 46.7 Å². The summed E-state index contributed by atoms with van der Waals surface area (Å²) in [4.78, 5) is 32.6. The predicted octanol–water partition coefficient (Wildman–Crippen LogP) is 4.31. The standard InChI is InChI=1S/C20H22Cl2N4O3/c1-2-29-19(27)14-4-5-18(23-13-14)25-6-3-7-26(9-8-25)20(28)24-17-11-15(21)10-16(22)12-17/h4-5,10-13H,2-3,6-9H2,1H3,(H,24,28). The van der Waals surface area contributed by atoms with Crippen LogP contribution in [0.3, 0.4) is 0 Å². The van der Waals surface area contributed by atoms with Gasteiger partial charge in [0.2, 0.25) is 0 Å². The van der Waals surface area contributed by atoms with Crippen molar-refractivity contribution in [1.82, 2.24) is 9.88 Å². The molecule has 0 bridgehead atoms. The van der Waals surface area contributed by atoms with E-state index in [1.54, 1.807) is 42.2 Å². The van der Waals surface area contributed by atoms with Crippen molar-refractivity contribution < 1.29 is 14.3 Å². The number of aromatic nitrogens is 1. The summed E-state index contributed by atoms with van der Waals surface area (Å²) >= 11 is 12.0. The maximum atomic E-state index is 12.6. The highest BCUT2D eigenvalue weighted by molar-refractivity contribution is 6.35. The van der Waals surface area contributed by atoms with Gasteiger partial charge in [0.15, 0.2) is 0 Å². The Balaban J connectivity index is 1.59. The molecular formula is C20H22Cl2N4O3. The molecule has 9 heteroatoms. The van der Waals surface area contributed by atoms with Crippen LogP contribution in [0.2, 0.25) is 10.0 Å². The Morgan fingerprint density at radius 3 is 2.52 bits per heavy atom. The van der Waals surface area contributed by atoms with E-state index in [4.69, 9.17) is 27.9 Å². The van der Waals surface area contributed by atoms with Crippen molar-refractivity contribution in [3.05, 3.63) is 52.1 Å². The zero-order chi connectivity index (χ0) is 20.8. The number of hydrogen-bond acceptors (Lipinski definition) is 5. The number of nitrogens with one attached hydrogen (secondary N) is 1. The Hall–Kier alpha value is -2.51. The lowest BCUT2D eigenvalue weighted by molar-refractivity contribution is 0.0526. The molecule has 0 atom stereocenters. The van der Waals surface area contributed by atoms with Crippen LogP contribution in [-0.4, -0.2) is 54.7 Å². The molecule has 0 saturated carbocycles. The maximum absolute atomic E-state index is 12.6. The summed E-state index contributed by atoms with van der Waals surface area (Å²) in [5, 5.41) is 3.77. The number of benzene rings is 1. The highest BCUT2D eigenvalue weighted by Gasteiger charge is 2.20. The number of rotatable bonds is 4. The van der Waals surface area contributed by atoms with E-state index in [0.717, 1.165) is 18.8 Å². The summed E-state index contributed by atoms with van der Waals surface area (Å²) in [5.74, 6) is 0.383. The van der Waals surface area contributed by atoms with E-state index in [2.05, 4.69) is 15.2 Å². The lowest BCUT2D eigenvalue weighted by Gasteiger charge is -2.23. The summed E-state index contributed by atoms with van der Waals surface area (Å²) in [6.45, 7) is 4.65. The molecule has 1 aromatic carbocycles. The molecule has 0 radical (unpaired) electrons. The monoisotopic (exact) mass is 436 g/mol. The lowest BCUT2D eigenvalue weighted by Crippen LogP contribution is -2.38. The molecule has 1 aromatic heterocycles. The summed E-state index contributed by atoms with van der Waals surface area (Å²) in [5.41, 5.74) is 0.983. The second-order valence-electron chi connectivity index (χ2n) is 6.54. The van der Waals surface area contributed by atoms with Crippen LogP contribution in [-0.2, 0) is 4.74 Å². The summed E-state index contributed by atoms with van der Waals surface area (Å²) in [7, 11) is 0. The fraction of sp³-hybridized carbons (Fsp3) is 0.350. The molecule has 1 N–H and O–H groups in total. The Kier molecular flexibility index (Phi) is 7.17. The highest BCUT2D eigenvalue weighted by Crippen LogP contribution is 2.23. The minimum absolute atomic E-state index is 0.198. The van der Waals surface area contributed by atoms with Gasteiger partial charge in [-0.1, -0.05) is 23.2 Å². The summed E-state index contributed by atoms with van der Waals surface area (Å²) in [6, 6.07) is 8.24. The molecule has 1 fully saturated rings. The van der Waals surface area contributed by atoms with Crippen molar-refractivity contribution in [3.8, 4) is 0 Å². The van der Waals surface area contributed by atoms with E-state index in [1.807, 2.05) is 0 Å². The number of hydrogen-bond donors (Lipinski definition) is 1. The minimum Gasteiger partial charge on any atom is -0.462 e. The molecule has 1 aliphatic rings. The van der Waals surface area contributed by atoms with Crippen molar-refractivity contribution in [2.24, 2.45) is 0 Å². The summed E-state index contributed by atoms with van der Waals surface area (Å²) < 4.78 is 4.98. The number of carbonyl (C=O) groups excluding carboxylic acids is 2. The van der Waals surface area contributed by atoms with Gasteiger partial charge in [0.05, 0.1) is 12.2 Å². The average Bonchev–Trinajstić information content (AvgIpc) is 2.94. The van der Waals surface area contributed by atoms with Gasteiger partial charge in [0.1, 0.15) is 5.82 Å². The molecule has 0 unspecified atom stereocenters. The molecule has 2 aromatic rings. The Morgan fingerprint density at radius 1 is 1.10 bits per heavy atom. The first-order valence-electron chi connectivity index (χ1n) is 9.36. The third-order valence-corrected chi connectivity index (χ3v) is 4.92. The van der Waals surface area contributed by atoms with Crippen LogP contribution in [0.15, 0.2) is 36.5 Å². The molecule has 1 saturated heterocycles. The van der Waals surface area contributed by atoms with Crippen LogP contribution in [0, 0.1) is 0 Å². The molecule has 1 aliphatic heterocycles. The quantitative estimate of drug-likeness (QED) is 0.722. The van der Waals surface area contributed by atoms with Gasteiger partial charge in [-0.3, -0.25) is 0 Å². The van der Waals surface area contributed by atoms with Crippen LogP contribution in [0.25, 0.3) is 0 Å². The van der Waals surface area contributed by atoms with Crippen molar-refractivity contribution in [3.63, 3.8) is 0 Å². The molecule has 3 rings (SSSR count). The van der Waals surface area contributed by atoms with E-state index in [0.29, 0.717) is 47.5 Å². The first-order chi connectivity index (χ1) is 14.0. The van der Waals surface area contributed by atoms with Gasteiger partial charge >= 0.3 is 12.0 Å². The number of urea groups is 1. The second kappa shape index (κ2) is 9.80. The second-order valence-corrected chi connectivity index (χ2v) is 7.41. The van der Waals surface area contributed by atoms with Gasteiger partial charge in [0.25, 0.3) is 0 Å². The van der Waals surface area contributed by atoms with Crippen molar-refractivity contribution in [2.45, 2.75) is 13.3 Å². The SMILES string of the molecule is CCOC(=O)c1ccc(N2CCCN(C(=O)Nc3cc(Cl)cc(Cl)c3)CC2)nc1. The fourth-order valence-electron chi connectivity index (χ4n) is 3.09. The normalized spacial score (nSPS) is 14.3. The van der Waals surface area contributed by atoms with Crippen LogP contribution < -0.4 is 10.2 Å². The molecule has 29 heavy (non-hydrogen) atoms. The van der Waals surface area contributed by atoms with Gasteiger partial charge in [0, 0.05) is 48.1 Å². The average molecular weight is 437 g/mol. The van der Waals surface area contributed by atoms with Crippen LogP contribution in [0.5, 0.6) is 0 Å². The third-order valence-electron chi connectivity index (χ3n) is 4.48. The zero-order valence-electron chi connectivity index (χ0n) is 16.0. The topological polar surface area (TPSA) is 74.8 Å². The molecule has 0 spiro atoms. The fourth-order valence-corrected chi connectivity index (χ4v) is 3.61. The van der Waals surface area contributed by atoms with E-state index >= 15 is 0 Å². The van der Waals surface area contributed by atoms with Crippen LogP contribution in [0.4, 0.5) is 16.3 Å². The minimum atomic E-state index is -0.383. The predicted molar refractivity (Wildman–Crippen MR) is 114 cm³/mol. The van der Waals surface area contributed by atoms with E-state index in [-0.39, 0.29) is 12.0 Å². The van der Waals surface area contributed by atoms with Crippen molar-refractivity contribution in [1.29, 1.82) is 0 Å². The first-order valence-corrected chi connectivity index (χ1v) is 10.1. The Labute approximate surface area is 179 Å². The molecule has 154 valence electrons.